The molecule has 1 aliphatic carbocycles. The van der Waals surface area contributed by atoms with Crippen LogP contribution in [0.3, 0.4) is 0 Å². The fraction of sp³-hybridized carbons (Fsp3) is 1.00. The molecule has 0 aromatic carbocycles. The standard InChI is InChI=1S/C6H18O24P6.6Mg/c7-31(8,9)25-1-2(26-32(10,11)12)4(28-34(16,17)18)6(30-36(22,23)24)5(29-35(19,20)21)3(1)27-33(13,14)15;;;;;;/h1-6H,(H2,7,8,9)(H2,10,11,12)(H2,13,14,15)(H2,16,17,18)(H2,19,20,21)(H2,22,23,24);;;;;;/q;6*+2/p-12. The van der Waals surface area contributed by atoms with Gasteiger partial charge in [0.2, 0.25) is 0 Å². The Bertz CT molecular complexity index is 843. The summed E-state index contributed by atoms with van der Waals surface area (Å²) in [6.45, 7) is 0. The van der Waals surface area contributed by atoms with Gasteiger partial charge in [0.1, 0.15) is 36.6 Å². The second-order valence-electron chi connectivity index (χ2n) is 6.10. The maximum atomic E-state index is 11.1. The van der Waals surface area contributed by atoms with E-state index in [4.69, 9.17) is 0 Å². The van der Waals surface area contributed by atoms with E-state index in [9.17, 15) is 86.1 Å². The summed E-state index contributed by atoms with van der Waals surface area (Å²) in [6.07, 6.45) is -21.5. The molecule has 0 saturated heterocycles. The summed E-state index contributed by atoms with van der Waals surface area (Å²) < 4.78 is 88.3. The summed E-state index contributed by atoms with van der Waals surface area (Å²) in [4.78, 5) is 133. The molecule has 0 heterocycles. The number of phosphoric acid groups is 6. The first-order valence-electron chi connectivity index (χ1n) is 7.80. The van der Waals surface area contributed by atoms with Gasteiger partial charge in [-0.05, 0) is 0 Å². The smallest absolute Gasteiger partial charge is 0.790 e. The molecule has 0 spiro atoms. The van der Waals surface area contributed by atoms with Gasteiger partial charge in [-0.3, -0.25) is 0 Å². The third kappa shape index (κ3) is 25.2. The van der Waals surface area contributed by atoms with Crippen molar-refractivity contribution in [3.05, 3.63) is 0 Å². The van der Waals surface area contributed by atoms with Gasteiger partial charge in [-0.15, -0.1) is 0 Å². The van der Waals surface area contributed by atoms with Gasteiger partial charge >= 0.3 is 138 Å². The maximum absolute atomic E-state index is 11.1. The molecule has 0 radical (unpaired) electrons. The van der Waals surface area contributed by atoms with Crippen LogP contribution in [0.15, 0.2) is 0 Å². The molecule has 24 nitrogen and oxygen atoms in total. The minimum Gasteiger partial charge on any atom is -0.790 e. The normalized spacial score (nSPS) is 25.1. The molecule has 0 unspecified atom stereocenters. The van der Waals surface area contributed by atoms with E-state index in [2.05, 4.69) is 27.1 Å². The molecular formula is C6H6Mg6O24P6. The molecule has 0 amide bonds. The van der Waals surface area contributed by atoms with Crippen molar-refractivity contribution in [1.82, 2.24) is 0 Å². The van der Waals surface area contributed by atoms with Crippen LogP contribution >= 0.6 is 46.9 Å². The van der Waals surface area contributed by atoms with Crippen molar-refractivity contribution in [3.8, 4) is 0 Å². The zero-order chi connectivity index (χ0) is 28.7. The van der Waals surface area contributed by atoms with Gasteiger partial charge in [0, 0.05) is 0 Å². The fourth-order valence-corrected chi connectivity index (χ4v) is 5.96. The van der Waals surface area contributed by atoms with Crippen molar-refractivity contribution in [1.29, 1.82) is 0 Å². The van der Waals surface area contributed by atoms with Crippen molar-refractivity contribution < 1.29 is 113 Å². The van der Waals surface area contributed by atoms with Crippen molar-refractivity contribution in [3.63, 3.8) is 0 Å². The Balaban J connectivity index is -0.000000540. The first kappa shape index (κ1) is 59.4. The van der Waals surface area contributed by atoms with Crippen molar-refractivity contribution in [2.45, 2.75) is 36.6 Å². The van der Waals surface area contributed by atoms with Crippen LogP contribution in [0.5, 0.6) is 0 Å². The quantitative estimate of drug-likeness (QED) is 0.131. The SMILES string of the molecule is O=P([O-])([O-])OC1C(OP(=O)([O-])[O-])C(OP(=O)([O-])[O-])C(OP(=O)([O-])[O-])C(OP(=O)([O-])[O-])C1OP(=O)([O-])[O-].[Mg+2].[Mg+2].[Mg+2].[Mg+2].[Mg+2].[Mg+2]. The Morgan fingerprint density at radius 3 is 0.381 bits per heavy atom. The van der Waals surface area contributed by atoms with E-state index in [0.717, 1.165) is 0 Å². The molecule has 42 heavy (non-hydrogen) atoms. The number of rotatable bonds is 12. The van der Waals surface area contributed by atoms with Crippen LogP contribution in [-0.2, 0) is 54.5 Å². The van der Waals surface area contributed by atoms with Gasteiger partial charge in [-0.2, -0.15) is 0 Å². The molecule has 36 heteroatoms. The average Bonchev–Trinajstić information content (AvgIpc) is 2.51. The van der Waals surface area contributed by atoms with Gasteiger partial charge in [0.05, 0.1) is 46.9 Å². The monoisotopic (exact) mass is 792 g/mol. The molecule has 0 aromatic heterocycles. The summed E-state index contributed by atoms with van der Waals surface area (Å²) >= 11 is 0. The van der Waals surface area contributed by atoms with E-state index in [1.165, 1.54) is 0 Å². The van der Waals surface area contributed by atoms with Crippen LogP contribution in [0.4, 0.5) is 0 Å². The molecule has 0 bridgehead atoms. The van der Waals surface area contributed by atoms with Crippen LogP contribution in [0.2, 0.25) is 0 Å². The van der Waals surface area contributed by atoms with E-state index in [1.807, 2.05) is 0 Å². The molecule has 0 aromatic rings. The van der Waals surface area contributed by atoms with E-state index in [0.29, 0.717) is 0 Å². The Hall–Kier alpha value is 5.26. The minimum atomic E-state index is -6.68. The molecule has 0 atom stereocenters. The zero-order valence-electron chi connectivity index (χ0n) is 20.2. The first-order valence-corrected chi connectivity index (χ1v) is 16.6. The summed E-state index contributed by atoms with van der Waals surface area (Å²) in [6, 6.07) is 0. The molecule has 0 N–H and O–H groups in total. The topological polar surface area (TPSA) is 435 Å². The van der Waals surface area contributed by atoms with E-state index in [1.54, 1.807) is 0 Å². The molecule has 0 aliphatic heterocycles. The second-order valence-corrected chi connectivity index (χ2v) is 12.7. The fourth-order valence-electron chi connectivity index (χ4n) is 2.74. The Kier molecular flexibility index (Phi) is 31.5. The van der Waals surface area contributed by atoms with E-state index < -0.39 is 83.6 Å². The van der Waals surface area contributed by atoms with Gasteiger partial charge in [-0.25, -0.2) is 0 Å². The van der Waals surface area contributed by atoms with Crippen LogP contribution in [0, 0.1) is 0 Å². The third-order valence-corrected chi connectivity index (χ3v) is 6.46. The van der Waals surface area contributed by atoms with Gasteiger partial charge in [0.25, 0.3) is 0 Å². The summed E-state index contributed by atoms with van der Waals surface area (Å²) in [5, 5.41) is 0. The molecule has 1 aliphatic rings. The molecule has 1 saturated carbocycles. The third-order valence-electron chi connectivity index (χ3n) is 3.45. The minimum absolute atomic E-state index is 0. The maximum Gasteiger partial charge on any atom is 2.00 e. The predicted molar refractivity (Wildman–Crippen MR) is 109 cm³/mol. The number of phosphoric ester groups is 6. The van der Waals surface area contributed by atoms with Crippen LogP contribution in [0.1, 0.15) is 0 Å². The predicted octanol–water partition coefficient (Wildman–Crippen LogP) is -13.0. The largest absolute Gasteiger partial charge is 2.00 e. The van der Waals surface area contributed by atoms with E-state index >= 15 is 0 Å². The molecule has 1 rings (SSSR count). The van der Waals surface area contributed by atoms with E-state index in [-0.39, 0.29) is 138 Å². The van der Waals surface area contributed by atoms with Crippen molar-refractivity contribution >= 4 is 185 Å². The molecular weight excluding hydrogens is 788 g/mol. The zero-order valence-corrected chi connectivity index (χ0v) is 34.0. The molecule has 216 valence electrons. The number of hydrogen-bond donors (Lipinski definition) is 0. The van der Waals surface area contributed by atoms with Gasteiger partial charge in [-0.1, -0.05) is 0 Å². The van der Waals surface area contributed by atoms with Gasteiger partial charge < -0.3 is 113 Å². The number of hydrogen-bond acceptors (Lipinski definition) is 24. The van der Waals surface area contributed by atoms with Gasteiger partial charge in [0.15, 0.2) is 0 Å². The Labute approximate surface area is 331 Å². The Morgan fingerprint density at radius 1 is 0.262 bits per heavy atom. The summed E-state index contributed by atoms with van der Waals surface area (Å²) in [5.74, 6) is 0. The Morgan fingerprint density at radius 2 is 0.333 bits per heavy atom. The van der Waals surface area contributed by atoms with Crippen molar-refractivity contribution in [2.75, 3.05) is 0 Å². The van der Waals surface area contributed by atoms with Crippen LogP contribution < -0.4 is 58.7 Å². The first-order chi connectivity index (χ1) is 15.6. The van der Waals surface area contributed by atoms with Crippen LogP contribution in [-0.4, -0.2) is 175 Å². The molecule has 1 fully saturated rings. The van der Waals surface area contributed by atoms with Crippen LogP contribution in [0.25, 0.3) is 0 Å². The van der Waals surface area contributed by atoms with Crippen molar-refractivity contribution in [2.24, 2.45) is 0 Å². The second kappa shape index (κ2) is 22.2. The summed E-state index contributed by atoms with van der Waals surface area (Å²) in [7, 11) is -40.1. The average molecular weight is 794 g/mol. The summed E-state index contributed by atoms with van der Waals surface area (Å²) in [5.41, 5.74) is 0.